The summed E-state index contributed by atoms with van der Waals surface area (Å²) in [7, 11) is 3.34. The highest BCUT2D eigenvalue weighted by Crippen LogP contribution is 2.33. The molecule has 3 aromatic heterocycles. The molecule has 1 aliphatic heterocycles. The van der Waals surface area contributed by atoms with Gasteiger partial charge in [-0.15, -0.1) is 0 Å². The highest BCUT2D eigenvalue weighted by Gasteiger charge is 2.37. The minimum atomic E-state index is -4.48. The number of nitrogens with one attached hydrogen (secondary N) is 2. The first-order valence-corrected chi connectivity index (χ1v) is 11.2. The number of methoxy groups -OCH3 is 1. The highest BCUT2D eigenvalue weighted by molar-refractivity contribution is 6.03. The molecule has 0 bridgehead atoms. The number of alkyl halides is 3. The fourth-order valence-corrected chi connectivity index (χ4v) is 4.03. The number of hydrogen-bond acceptors (Lipinski definition) is 8. The van der Waals surface area contributed by atoms with Gasteiger partial charge in [0, 0.05) is 38.7 Å². The number of aromatic nitrogens is 5. The summed E-state index contributed by atoms with van der Waals surface area (Å²) in [6, 6.07) is 1.51. The fourth-order valence-electron chi connectivity index (χ4n) is 4.03. The van der Waals surface area contributed by atoms with Crippen molar-refractivity contribution in [2.24, 2.45) is 0 Å². The zero-order valence-electron chi connectivity index (χ0n) is 20.5. The lowest BCUT2D eigenvalue weighted by molar-refractivity contribution is -0.141. The lowest BCUT2D eigenvalue weighted by atomic mass is 10.1. The van der Waals surface area contributed by atoms with Gasteiger partial charge in [-0.3, -0.25) is 14.5 Å². The molecule has 0 radical (unpaired) electrons. The topological polar surface area (TPSA) is 110 Å². The number of ether oxygens (including phenoxy) is 1. The molecule has 36 heavy (non-hydrogen) atoms. The van der Waals surface area contributed by atoms with Crippen LogP contribution in [-0.4, -0.2) is 56.9 Å². The molecule has 1 aliphatic rings. The Labute approximate surface area is 205 Å². The summed E-state index contributed by atoms with van der Waals surface area (Å²) >= 11 is 0. The summed E-state index contributed by atoms with van der Waals surface area (Å²) in [4.78, 5) is 26.9. The van der Waals surface area contributed by atoms with E-state index in [9.17, 15) is 18.0 Å². The van der Waals surface area contributed by atoms with E-state index in [-0.39, 0.29) is 18.1 Å². The van der Waals surface area contributed by atoms with Crippen molar-refractivity contribution < 1.29 is 22.7 Å². The Bertz CT molecular complexity index is 1250. The van der Waals surface area contributed by atoms with Crippen LogP contribution in [0.15, 0.2) is 30.7 Å². The Morgan fingerprint density at radius 1 is 1.22 bits per heavy atom. The van der Waals surface area contributed by atoms with Gasteiger partial charge < -0.3 is 20.3 Å². The lowest BCUT2D eigenvalue weighted by Gasteiger charge is -2.37. The van der Waals surface area contributed by atoms with Gasteiger partial charge in [-0.1, -0.05) is 6.07 Å². The van der Waals surface area contributed by atoms with Gasteiger partial charge in [0.15, 0.2) is 5.82 Å². The number of pyridine rings is 1. The van der Waals surface area contributed by atoms with E-state index in [0.717, 1.165) is 11.6 Å². The smallest absolute Gasteiger partial charge is 0.379 e. The van der Waals surface area contributed by atoms with Crippen LogP contribution in [0.2, 0.25) is 0 Å². The standard InChI is InChI=1S/C23H27F3N8O2/c1-12-18-20(33(4)19(14(3)36-5)21(35)31-18)32-22(30-12)28-8-15-9-29-34(11-15)13(2)16-6-7-17(27-10-16)23(24,25)26/h6-7,9-11,13-14,19H,8H2,1-5H3,(H,31,35)(H,28,30,32)/t13-,14+,19-/m0/s1. The molecule has 3 aromatic rings. The zero-order chi connectivity index (χ0) is 26.2. The number of hydrogen-bond donors (Lipinski definition) is 2. The van der Waals surface area contributed by atoms with Gasteiger partial charge in [0.05, 0.1) is 24.0 Å². The SMILES string of the molecule is CO[C@H](C)[C@H]1C(=O)Nc2c(C)nc(NCc3cnn([C@@H](C)c4ccc(C(F)(F)F)nc4)c3)nc2N1C. The third-order valence-corrected chi connectivity index (χ3v) is 6.22. The quantitative estimate of drug-likeness (QED) is 0.504. The van der Waals surface area contributed by atoms with Crippen molar-refractivity contribution in [3.63, 3.8) is 0 Å². The molecular weight excluding hydrogens is 477 g/mol. The number of likely N-dealkylation sites (N-methyl/N-ethyl adjacent to an activating group) is 1. The van der Waals surface area contributed by atoms with Crippen molar-refractivity contribution in [3.05, 3.63) is 53.2 Å². The van der Waals surface area contributed by atoms with Crippen LogP contribution in [0.4, 0.5) is 30.6 Å². The Hall–Kier alpha value is -3.74. The molecule has 4 rings (SSSR count). The Morgan fingerprint density at radius 3 is 2.61 bits per heavy atom. The second kappa shape index (κ2) is 9.72. The van der Waals surface area contributed by atoms with Crippen LogP contribution in [0.25, 0.3) is 0 Å². The number of carbonyl (C=O) groups is 1. The van der Waals surface area contributed by atoms with Gasteiger partial charge in [0.25, 0.3) is 0 Å². The van der Waals surface area contributed by atoms with Crippen molar-refractivity contribution >= 4 is 23.4 Å². The molecule has 2 N–H and O–H groups in total. The van der Waals surface area contributed by atoms with E-state index in [1.165, 1.54) is 12.3 Å². The predicted molar refractivity (Wildman–Crippen MR) is 127 cm³/mol. The summed E-state index contributed by atoms with van der Waals surface area (Å²) in [5.74, 6) is 0.778. The molecule has 0 saturated heterocycles. The molecule has 0 unspecified atom stereocenters. The summed E-state index contributed by atoms with van der Waals surface area (Å²) in [5.41, 5.74) is 1.67. The molecule has 4 heterocycles. The van der Waals surface area contributed by atoms with Gasteiger partial charge in [-0.2, -0.15) is 23.3 Å². The van der Waals surface area contributed by atoms with Crippen LogP contribution in [0, 0.1) is 6.92 Å². The van der Waals surface area contributed by atoms with Crippen molar-refractivity contribution in [3.8, 4) is 0 Å². The first-order valence-electron chi connectivity index (χ1n) is 11.2. The molecule has 0 aliphatic carbocycles. The van der Waals surface area contributed by atoms with Gasteiger partial charge in [0.2, 0.25) is 11.9 Å². The number of carbonyl (C=O) groups excluding carboxylic acids is 1. The van der Waals surface area contributed by atoms with Crippen molar-refractivity contribution in [1.82, 2.24) is 24.7 Å². The van der Waals surface area contributed by atoms with Crippen molar-refractivity contribution in [2.75, 3.05) is 29.7 Å². The van der Waals surface area contributed by atoms with Crippen LogP contribution in [0.3, 0.4) is 0 Å². The van der Waals surface area contributed by atoms with Crippen molar-refractivity contribution in [2.45, 2.75) is 51.7 Å². The first kappa shape index (κ1) is 25.4. The molecule has 1 amide bonds. The van der Waals surface area contributed by atoms with E-state index in [4.69, 9.17) is 4.74 Å². The minimum Gasteiger partial charge on any atom is -0.379 e. The largest absolute Gasteiger partial charge is 0.433 e. The monoisotopic (exact) mass is 504 g/mol. The number of rotatable bonds is 7. The van der Waals surface area contributed by atoms with Gasteiger partial charge in [-0.05, 0) is 32.4 Å². The number of fused-ring (bicyclic) bond motifs is 1. The molecule has 0 saturated carbocycles. The predicted octanol–water partition coefficient (Wildman–Crippen LogP) is 3.41. The molecule has 0 spiro atoms. The summed E-state index contributed by atoms with van der Waals surface area (Å²) in [5, 5.41) is 10.4. The molecule has 3 atom stereocenters. The second-order valence-electron chi connectivity index (χ2n) is 8.65. The molecular formula is C23H27F3N8O2. The van der Waals surface area contributed by atoms with Crippen LogP contribution in [0.5, 0.6) is 0 Å². The van der Waals surface area contributed by atoms with Gasteiger partial charge in [0.1, 0.15) is 17.4 Å². The van der Waals surface area contributed by atoms with Crippen LogP contribution < -0.4 is 15.5 Å². The average molecular weight is 505 g/mol. The van der Waals surface area contributed by atoms with Gasteiger partial charge in [-0.25, -0.2) is 4.98 Å². The Kier molecular flexibility index (Phi) is 6.85. The van der Waals surface area contributed by atoms with E-state index >= 15 is 0 Å². The maximum atomic E-state index is 12.8. The van der Waals surface area contributed by atoms with Crippen LogP contribution in [0.1, 0.15) is 42.4 Å². The number of halogens is 3. The molecule has 13 heteroatoms. The van der Waals surface area contributed by atoms with E-state index in [0.29, 0.717) is 35.3 Å². The third kappa shape index (κ3) is 4.96. The van der Waals surface area contributed by atoms with E-state index < -0.39 is 17.9 Å². The number of aryl methyl sites for hydroxylation is 1. The molecule has 192 valence electrons. The normalized spacial score (nSPS) is 17.4. The minimum absolute atomic E-state index is 0.184. The van der Waals surface area contributed by atoms with E-state index in [1.54, 1.807) is 43.1 Å². The molecule has 10 nitrogen and oxygen atoms in total. The Balaban J connectivity index is 1.47. The second-order valence-corrected chi connectivity index (χ2v) is 8.65. The summed E-state index contributed by atoms with van der Waals surface area (Å²) in [6.07, 6.45) is -0.156. The molecule has 0 fully saturated rings. The lowest BCUT2D eigenvalue weighted by Crippen LogP contribution is -2.53. The molecule has 0 aromatic carbocycles. The Morgan fingerprint density at radius 2 is 1.97 bits per heavy atom. The van der Waals surface area contributed by atoms with Crippen LogP contribution >= 0.6 is 0 Å². The summed E-state index contributed by atoms with van der Waals surface area (Å²) in [6.45, 7) is 5.80. The number of anilines is 3. The van der Waals surface area contributed by atoms with E-state index in [2.05, 4.69) is 30.7 Å². The van der Waals surface area contributed by atoms with Gasteiger partial charge >= 0.3 is 6.18 Å². The van der Waals surface area contributed by atoms with Crippen molar-refractivity contribution in [1.29, 1.82) is 0 Å². The summed E-state index contributed by atoms with van der Waals surface area (Å²) < 4.78 is 45.3. The third-order valence-electron chi connectivity index (χ3n) is 6.22. The highest BCUT2D eigenvalue weighted by atomic mass is 19.4. The number of amides is 1. The zero-order valence-corrected chi connectivity index (χ0v) is 20.5. The first-order chi connectivity index (χ1) is 17.0. The average Bonchev–Trinajstić information content (AvgIpc) is 3.31. The maximum absolute atomic E-state index is 12.8. The fraction of sp³-hybridized carbons (Fsp3) is 0.435. The maximum Gasteiger partial charge on any atom is 0.433 e. The van der Waals surface area contributed by atoms with Crippen LogP contribution in [-0.2, 0) is 22.3 Å². The number of nitrogens with zero attached hydrogens (tertiary/aromatic N) is 6. The van der Waals surface area contributed by atoms with E-state index in [1.807, 2.05) is 13.8 Å².